The highest BCUT2D eigenvalue weighted by Crippen LogP contribution is 2.28. The number of aliphatic hydroxyl groups is 1. The van der Waals surface area contributed by atoms with Gasteiger partial charge in [0, 0.05) is 31.8 Å². The monoisotopic (exact) mass is 374 g/mol. The molecule has 3 N–H and O–H groups in total. The molecule has 0 bridgehead atoms. The minimum Gasteiger partial charge on any atom is -0.389 e. The van der Waals surface area contributed by atoms with E-state index in [4.69, 9.17) is 4.74 Å². The lowest BCUT2D eigenvalue weighted by atomic mass is 10.2. The minimum absolute atomic E-state index is 0.0150. The molecule has 7 heteroatoms. The molecule has 1 aliphatic heterocycles. The highest BCUT2D eigenvalue weighted by molar-refractivity contribution is 5.97. The number of nitrogens with zero attached hydrogens (tertiary/aromatic N) is 2. The molecular weight excluding hydrogens is 344 g/mol. The molecule has 0 aromatic heterocycles. The smallest absolute Gasteiger partial charge is 0.229 e. The quantitative estimate of drug-likeness (QED) is 0.446. The van der Waals surface area contributed by atoms with Crippen molar-refractivity contribution in [2.24, 2.45) is 10.9 Å². The molecule has 1 aromatic carbocycles. The van der Waals surface area contributed by atoms with E-state index in [1.54, 1.807) is 4.90 Å². The summed E-state index contributed by atoms with van der Waals surface area (Å²) in [4.78, 5) is 18.6. The summed E-state index contributed by atoms with van der Waals surface area (Å²) in [5.41, 5.74) is 0.914. The highest BCUT2D eigenvalue weighted by atomic mass is 16.5. The van der Waals surface area contributed by atoms with Crippen LogP contribution in [0.1, 0.15) is 26.2 Å². The first-order valence-electron chi connectivity index (χ1n) is 9.81. The molecule has 148 valence electrons. The van der Waals surface area contributed by atoms with Crippen molar-refractivity contribution >= 4 is 17.6 Å². The zero-order valence-corrected chi connectivity index (χ0v) is 15.9. The maximum atomic E-state index is 12.3. The number of anilines is 1. The molecule has 7 nitrogen and oxygen atoms in total. The van der Waals surface area contributed by atoms with E-state index in [9.17, 15) is 9.90 Å². The lowest BCUT2D eigenvalue weighted by molar-refractivity contribution is -0.117. The number of aliphatic hydroxyl groups excluding tert-OH is 1. The number of ether oxygens (including phenoxy) is 1. The number of carbonyl (C=O) groups is 1. The fourth-order valence-corrected chi connectivity index (χ4v) is 3.08. The van der Waals surface area contributed by atoms with Gasteiger partial charge in [-0.3, -0.25) is 9.79 Å². The van der Waals surface area contributed by atoms with E-state index in [1.807, 2.05) is 37.3 Å². The third-order valence-corrected chi connectivity index (χ3v) is 4.70. The average molecular weight is 374 g/mol. The molecule has 2 unspecified atom stereocenters. The van der Waals surface area contributed by atoms with Crippen LogP contribution in [0, 0.1) is 5.92 Å². The van der Waals surface area contributed by atoms with E-state index in [0.717, 1.165) is 12.3 Å². The Morgan fingerprint density at radius 3 is 2.85 bits per heavy atom. The van der Waals surface area contributed by atoms with Crippen LogP contribution < -0.4 is 15.5 Å². The maximum Gasteiger partial charge on any atom is 0.229 e. The number of hydrogen-bond acceptors (Lipinski definition) is 4. The van der Waals surface area contributed by atoms with Crippen molar-refractivity contribution in [1.82, 2.24) is 10.6 Å². The van der Waals surface area contributed by atoms with Crippen LogP contribution in [0.25, 0.3) is 0 Å². The Morgan fingerprint density at radius 1 is 1.37 bits per heavy atom. The lowest BCUT2D eigenvalue weighted by Gasteiger charge is -2.19. The summed E-state index contributed by atoms with van der Waals surface area (Å²) < 4.78 is 5.51. The third kappa shape index (κ3) is 6.22. The predicted molar refractivity (Wildman–Crippen MR) is 106 cm³/mol. The molecule has 1 aliphatic carbocycles. The summed E-state index contributed by atoms with van der Waals surface area (Å²) in [5.74, 6) is 1.40. The van der Waals surface area contributed by atoms with Crippen LogP contribution >= 0.6 is 0 Å². The summed E-state index contributed by atoms with van der Waals surface area (Å²) in [6.07, 6.45) is 2.28. The number of benzene rings is 1. The second kappa shape index (κ2) is 9.71. The molecule has 1 amide bonds. The molecule has 0 spiro atoms. The summed E-state index contributed by atoms with van der Waals surface area (Å²) >= 11 is 0. The topological polar surface area (TPSA) is 86.2 Å². The largest absolute Gasteiger partial charge is 0.389 e. The molecule has 2 aliphatic rings. The van der Waals surface area contributed by atoms with Crippen molar-refractivity contribution in [2.45, 2.75) is 38.3 Å². The lowest BCUT2D eigenvalue weighted by Crippen LogP contribution is -2.45. The Labute approximate surface area is 160 Å². The Hall–Kier alpha value is -2.12. The number of amides is 1. The number of aliphatic imine (C=N–C) groups is 1. The van der Waals surface area contributed by atoms with Crippen molar-refractivity contribution < 1.29 is 14.6 Å². The molecule has 27 heavy (non-hydrogen) atoms. The fourth-order valence-electron chi connectivity index (χ4n) is 3.08. The van der Waals surface area contributed by atoms with Gasteiger partial charge in [0.05, 0.1) is 25.3 Å². The van der Waals surface area contributed by atoms with E-state index < -0.39 is 6.10 Å². The molecule has 1 heterocycles. The summed E-state index contributed by atoms with van der Waals surface area (Å²) in [5, 5.41) is 16.5. The van der Waals surface area contributed by atoms with Crippen molar-refractivity contribution in [2.75, 3.05) is 37.7 Å². The van der Waals surface area contributed by atoms with Crippen LogP contribution in [0.3, 0.4) is 0 Å². The zero-order valence-electron chi connectivity index (χ0n) is 15.9. The molecule has 2 atom stereocenters. The summed E-state index contributed by atoms with van der Waals surface area (Å²) in [7, 11) is 0. The first-order valence-corrected chi connectivity index (χ1v) is 9.81. The minimum atomic E-state index is -0.620. The third-order valence-electron chi connectivity index (χ3n) is 4.70. The van der Waals surface area contributed by atoms with Crippen LogP contribution in [0.2, 0.25) is 0 Å². The normalized spacial score (nSPS) is 21.4. The molecule has 1 aromatic rings. The van der Waals surface area contributed by atoms with Crippen LogP contribution in [0.5, 0.6) is 0 Å². The first kappa shape index (κ1) is 19.6. The van der Waals surface area contributed by atoms with Gasteiger partial charge in [-0.2, -0.15) is 0 Å². The number of nitrogens with one attached hydrogen (secondary N) is 2. The Kier molecular flexibility index (Phi) is 7.06. The highest BCUT2D eigenvalue weighted by Gasteiger charge is 2.31. The molecule has 0 radical (unpaired) electrons. The molecule has 2 fully saturated rings. The van der Waals surface area contributed by atoms with Crippen molar-refractivity contribution in [3.05, 3.63) is 30.3 Å². The second-order valence-corrected chi connectivity index (χ2v) is 7.24. The van der Waals surface area contributed by atoms with Gasteiger partial charge in [0.25, 0.3) is 0 Å². The second-order valence-electron chi connectivity index (χ2n) is 7.24. The van der Waals surface area contributed by atoms with Gasteiger partial charge >= 0.3 is 0 Å². The first-order chi connectivity index (χ1) is 13.2. The van der Waals surface area contributed by atoms with Crippen LogP contribution in [0.15, 0.2) is 35.3 Å². The number of guanidine groups is 1. The van der Waals surface area contributed by atoms with E-state index in [1.165, 1.54) is 12.8 Å². The van der Waals surface area contributed by atoms with Gasteiger partial charge < -0.3 is 25.4 Å². The molecule has 3 rings (SSSR count). The van der Waals surface area contributed by atoms with E-state index in [2.05, 4.69) is 15.6 Å². The number of hydrogen-bond donors (Lipinski definition) is 3. The van der Waals surface area contributed by atoms with Crippen LogP contribution in [0.4, 0.5) is 5.69 Å². The Balaban J connectivity index is 1.48. The molecule has 1 saturated heterocycles. The van der Waals surface area contributed by atoms with Gasteiger partial charge in [-0.05, 0) is 37.8 Å². The number of carbonyl (C=O) groups excluding carboxylic acids is 1. The van der Waals surface area contributed by atoms with Gasteiger partial charge in [-0.25, -0.2) is 0 Å². The van der Waals surface area contributed by atoms with Crippen LogP contribution in [-0.4, -0.2) is 62.0 Å². The van der Waals surface area contributed by atoms with Gasteiger partial charge in [0.1, 0.15) is 0 Å². The van der Waals surface area contributed by atoms with Gasteiger partial charge in [0.15, 0.2) is 5.96 Å². The fraction of sp³-hybridized carbons (Fsp3) is 0.600. The SMILES string of the molecule is CCNC(=NCC(O)COCC1CC1)NC1CC(=O)N(c2ccccc2)C1. The Bertz CT molecular complexity index is 633. The zero-order chi connectivity index (χ0) is 19.1. The van der Waals surface area contributed by atoms with Crippen molar-refractivity contribution in [3.8, 4) is 0 Å². The van der Waals surface area contributed by atoms with E-state index >= 15 is 0 Å². The molecule has 1 saturated carbocycles. The standard InChI is InChI=1S/C20H30N4O3/c1-2-21-20(22-11-18(25)14-27-13-15-8-9-15)23-16-10-19(26)24(12-16)17-6-4-3-5-7-17/h3-7,15-16,18,25H,2,8-14H2,1H3,(H2,21,22,23). The Morgan fingerprint density at radius 2 is 2.15 bits per heavy atom. The summed E-state index contributed by atoms with van der Waals surface area (Å²) in [6, 6.07) is 9.67. The van der Waals surface area contributed by atoms with E-state index in [-0.39, 0.29) is 18.5 Å². The van der Waals surface area contributed by atoms with Gasteiger partial charge in [0.2, 0.25) is 5.91 Å². The van der Waals surface area contributed by atoms with E-state index in [0.29, 0.717) is 38.0 Å². The average Bonchev–Trinajstić information content (AvgIpc) is 3.42. The number of para-hydroxylation sites is 1. The van der Waals surface area contributed by atoms with Crippen molar-refractivity contribution in [3.63, 3.8) is 0 Å². The summed E-state index contributed by atoms with van der Waals surface area (Å²) in [6.45, 7) is 4.61. The predicted octanol–water partition coefficient (Wildman–Crippen LogP) is 1.13. The maximum absolute atomic E-state index is 12.3. The number of rotatable bonds is 9. The van der Waals surface area contributed by atoms with Gasteiger partial charge in [-0.15, -0.1) is 0 Å². The van der Waals surface area contributed by atoms with Crippen molar-refractivity contribution in [1.29, 1.82) is 0 Å². The van der Waals surface area contributed by atoms with Gasteiger partial charge in [-0.1, -0.05) is 18.2 Å². The van der Waals surface area contributed by atoms with Crippen LogP contribution in [-0.2, 0) is 9.53 Å². The molecular formula is C20H30N4O3.